The van der Waals surface area contributed by atoms with E-state index in [1.54, 1.807) is 0 Å². The Morgan fingerprint density at radius 1 is 1.32 bits per heavy atom. The smallest absolute Gasteiger partial charge is 0.319 e. The molecule has 0 spiro atoms. The molecule has 22 heavy (non-hydrogen) atoms. The number of carbonyl (C=O) groups excluding carboxylic acids is 2. The number of anilines is 1. The summed E-state index contributed by atoms with van der Waals surface area (Å²) in [6.07, 6.45) is 3.25. The minimum absolute atomic E-state index is 0.104. The molecule has 0 unspecified atom stereocenters. The Labute approximate surface area is 128 Å². The zero-order valence-corrected chi connectivity index (χ0v) is 12.4. The van der Waals surface area contributed by atoms with Gasteiger partial charge in [0, 0.05) is 17.8 Å². The fraction of sp³-hybridized carbons (Fsp3) is 0.467. The highest BCUT2D eigenvalue weighted by Gasteiger charge is 2.30. The van der Waals surface area contributed by atoms with Crippen molar-refractivity contribution in [1.29, 1.82) is 0 Å². The van der Waals surface area contributed by atoms with Gasteiger partial charge in [-0.25, -0.2) is 9.18 Å². The predicted molar refractivity (Wildman–Crippen MR) is 80.0 cm³/mol. The third-order valence-electron chi connectivity index (χ3n) is 3.86. The van der Waals surface area contributed by atoms with Gasteiger partial charge in [0.2, 0.25) is 5.91 Å². The summed E-state index contributed by atoms with van der Waals surface area (Å²) >= 11 is 0. The lowest BCUT2D eigenvalue weighted by atomic mass is 9.84. The van der Waals surface area contributed by atoms with Crippen LogP contribution in [0.3, 0.4) is 0 Å². The monoisotopic (exact) mass is 309 g/mol. The summed E-state index contributed by atoms with van der Waals surface area (Å²) in [6.45, 7) is 0. The number of benzene rings is 1. The lowest BCUT2D eigenvalue weighted by Gasteiger charge is -2.29. The number of hydrogen-bond acceptors (Lipinski definition) is 3. The van der Waals surface area contributed by atoms with Crippen molar-refractivity contribution in [3.05, 3.63) is 24.0 Å². The summed E-state index contributed by atoms with van der Waals surface area (Å²) in [6, 6.07) is 3.37. The zero-order valence-electron chi connectivity index (χ0n) is 12.4. The maximum absolute atomic E-state index is 13.6. The van der Waals surface area contributed by atoms with Crippen LogP contribution in [0.1, 0.15) is 25.7 Å². The van der Waals surface area contributed by atoms with Gasteiger partial charge in [0.25, 0.3) is 0 Å². The van der Waals surface area contributed by atoms with Crippen LogP contribution >= 0.6 is 0 Å². The number of ether oxygens (including phenoxy) is 1. The number of nitrogens with two attached hydrogens (primary N) is 1. The number of halogens is 1. The fourth-order valence-corrected chi connectivity index (χ4v) is 2.72. The van der Waals surface area contributed by atoms with E-state index in [0.29, 0.717) is 18.5 Å². The van der Waals surface area contributed by atoms with Crippen LogP contribution in [-0.4, -0.2) is 25.1 Å². The molecule has 1 aliphatic rings. The van der Waals surface area contributed by atoms with Gasteiger partial charge >= 0.3 is 6.03 Å². The highest BCUT2D eigenvalue weighted by Crippen LogP contribution is 2.24. The van der Waals surface area contributed by atoms with Gasteiger partial charge in [-0.05, 0) is 25.0 Å². The van der Waals surface area contributed by atoms with Crippen LogP contribution < -0.4 is 21.1 Å². The van der Waals surface area contributed by atoms with Gasteiger partial charge in [0.05, 0.1) is 13.0 Å². The maximum Gasteiger partial charge on any atom is 0.319 e. The molecule has 0 bridgehead atoms. The van der Waals surface area contributed by atoms with Gasteiger partial charge in [0.1, 0.15) is 0 Å². The Morgan fingerprint density at radius 2 is 2.05 bits per heavy atom. The summed E-state index contributed by atoms with van der Waals surface area (Å²) in [5.74, 6) is -1.22. The van der Waals surface area contributed by atoms with E-state index in [9.17, 15) is 14.0 Å². The fourth-order valence-electron chi connectivity index (χ4n) is 2.72. The van der Waals surface area contributed by atoms with E-state index in [1.807, 2.05) is 0 Å². The predicted octanol–water partition coefficient (Wildman–Crippen LogP) is 2.00. The summed E-state index contributed by atoms with van der Waals surface area (Å²) in [5.41, 5.74) is 5.67. The van der Waals surface area contributed by atoms with Crippen molar-refractivity contribution in [3.63, 3.8) is 0 Å². The molecule has 1 aliphatic carbocycles. The molecule has 120 valence electrons. The van der Waals surface area contributed by atoms with Crippen molar-refractivity contribution >= 4 is 17.6 Å². The van der Waals surface area contributed by atoms with Crippen LogP contribution in [0.5, 0.6) is 5.75 Å². The average Bonchev–Trinajstić information content (AvgIpc) is 2.47. The normalized spacial score (nSPS) is 21.0. The second kappa shape index (κ2) is 7.11. The van der Waals surface area contributed by atoms with Crippen molar-refractivity contribution in [3.8, 4) is 5.75 Å². The second-order valence-electron chi connectivity index (χ2n) is 5.35. The van der Waals surface area contributed by atoms with Crippen LogP contribution in [0.4, 0.5) is 14.9 Å². The first-order valence-electron chi connectivity index (χ1n) is 7.21. The van der Waals surface area contributed by atoms with Gasteiger partial charge in [-0.2, -0.15) is 0 Å². The minimum atomic E-state index is -0.562. The molecule has 7 heteroatoms. The second-order valence-corrected chi connectivity index (χ2v) is 5.35. The quantitative estimate of drug-likeness (QED) is 0.794. The van der Waals surface area contributed by atoms with Crippen LogP contribution in [0.15, 0.2) is 18.2 Å². The number of nitrogens with one attached hydrogen (secondary N) is 2. The minimum Gasteiger partial charge on any atom is -0.494 e. The molecule has 2 rings (SSSR count). The average molecular weight is 309 g/mol. The number of methoxy groups -OCH3 is 1. The lowest BCUT2D eigenvalue weighted by molar-refractivity contribution is -0.123. The highest BCUT2D eigenvalue weighted by atomic mass is 19.1. The van der Waals surface area contributed by atoms with E-state index < -0.39 is 17.8 Å². The van der Waals surface area contributed by atoms with E-state index in [4.69, 9.17) is 10.5 Å². The van der Waals surface area contributed by atoms with Crippen molar-refractivity contribution in [2.75, 3.05) is 12.4 Å². The Kier molecular flexibility index (Phi) is 5.19. The molecule has 1 aromatic carbocycles. The topological polar surface area (TPSA) is 93.4 Å². The van der Waals surface area contributed by atoms with Crippen LogP contribution in [0.2, 0.25) is 0 Å². The number of carbonyl (C=O) groups is 2. The van der Waals surface area contributed by atoms with Crippen molar-refractivity contribution in [2.24, 2.45) is 11.7 Å². The van der Waals surface area contributed by atoms with E-state index in [0.717, 1.165) is 12.8 Å². The van der Waals surface area contributed by atoms with Crippen LogP contribution in [0.25, 0.3) is 0 Å². The van der Waals surface area contributed by atoms with E-state index in [1.165, 1.54) is 25.3 Å². The SMILES string of the molecule is COc1ccc(NC(=O)N[C@H]2CCCC[C@H]2C(N)=O)cc1F. The first kappa shape index (κ1) is 16.1. The van der Waals surface area contributed by atoms with E-state index >= 15 is 0 Å². The van der Waals surface area contributed by atoms with E-state index in [-0.39, 0.29) is 17.7 Å². The number of urea groups is 1. The third kappa shape index (κ3) is 3.87. The molecule has 0 saturated heterocycles. The summed E-state index contributed by atoms with van der Waals surface area (Å²) in [4.78, 5) is 23.4. The Balaban J connectivity index is 1.97. The molecular weight excluding hydrogens is 289 g/mol. The molecule has 0 aliphatic heterocycles. The first-order chi connectivity index (χ1) is 10.5. The highest BCUT2D eigenvalue weighted by molar-refractivity contribution is 5.90. The molecular formula is C15H20FN3O3. The van der Waals surface area contributed by atoms with Crippen molar-refractivity contribution in [1.82, 2.24) is 5.32 Å². The Bertz CT molecular complexity index is 565. The summed E-state index contributed by atoms with van der Waals surface area (Å²) in [7, 11) is 1.37. The maximum atomic E-state index is 13.6. The van der Waals surface area contributed by atoms with Gasteiger partial charge in [0.15, 0.2) is 11.6 Å². The van der Waals surface area contributed by atoms with E-state index in [2.05, 4.69) is 10.6 Å². The Hall–Kier alpha value is -2.31. The molecule has 0 heterocycles. The number of hydrogen-bond donors (Lipinski definition) is 3. The molecule has 1 saturated carbocycles. The molecule has 1 aromatic rings. The van der Waals surface area contributed by atoms with Gasteiger partial charge in [-0.15, -0.1) is 0 Å². The lowest BCUT2D eigenvalue weighted by Crippen LogP contribution is -2.48. The largest absolute Gasteiger partial charge is 0.494 e. The molecule has 4 N–H and O–H groups in total. The summed E-state index contributed by atoms with van der Waals surface area (Å²) < 4.78 is 18.4. The van der Waals surface area contributed by atoms with Crippen LogP contribution in [-0.2, 0) is 4.79 Å². The van der Waals surface area contributed by atoms with Gasteiger partial charge < -0.3 is 21.1 Å². The first-order valence-corrected chi connectivity index (χ1v) is 7.21. The Morgan fingerprint density at radius 3 is 2.68 bits per heavy atom. The third-order valence-corrected chi connectivity index (χ3v) is 3.86. The van der Waals surface area contributed by atoms with Gasteiger partial charge in [-0.3, -0.25) is 4.79 Å². The number of primary amides is 1. The standard InChI is InChI=1S/C15H20FN3O3/c1-22-13-7-6-9(8-11(13)16)18-15(21)19-12-5-3-2-4-10(12)14(17)20/h6-8,10,12H,2-5H2,1H3,(H2,17,20)(H2,18,19,21)/t10-,12+/m1/s1. The summed E-state index contributed by atoms with van der Waals surface area (Å²) in [5, 5.41) is 5.29. The molecule has 6 nitrogen and oxygen atoms in total. The molecule has 2 atom stereocenters. The molecule has 0 radical (unpaired) electrons. The number of rotatable bonds is 4. The molecule has 3 amide bonds. The molecule has 1 fully saturated rings. The van der Waals surface area contributed by atoms with Gasteiger partial charge in [-0.1, -0.05) is 12.8 Å². The molecule has 0 aromatic heterocycles. The number of amides is 3. The zero-order chi connectivity index (χ0) is 16.1. The van der Waals surface area contributed by atoms with Crippen molar-refractivity contribution < 1.29 is 18.7 Å². The van der Waals surface area contributed by atoms with Crippen molar-refractivity contribution in [2.45, 2.75) is 31.7 Å². The van der Waals surface area contributed by atoms with Crippen LogP contribution in [0, 0.1) is 11.7 Å².